The Morgan fingerprint density at radius 2 is 2.07 bits per heavy atom. The molecule has 5 unspecified atom stereocenters. The SMILES string of the molecule is CC1C(O)C(=O)OC(C(O)CO)C1O. The van der Waals surface area contributed by atoms with E-state index in [4.69, 9.17) is 5.11 Å². The largest absolute Gasteiger partial charge is 0.455 e. The van der Waals surface area contributed by atoms with Gasteiger partial charge in [0.1, 0.15) is 6.10 Å². The van der Waals surface area contributed by atoms with Gasteiger partial charge in [0.05, 0.1) is 12.7 Å². The Labute approximate surface area is 80.7 Å². The molecule has 0 aliphatic carbocycles. The fourth-order valence-corrected chi connectivity index (χ4v) is 1.38. The van der Waals surface area contributed by atoms with Gasteiger partial charge in [0.25, 0.3) is 0 Å². The first-order valence-electron chi connectivity index (χ1n) is 4.34. The van der Waals surface area contributed by atoms with E-state index in [1.807, 2.05) is 0 Å². The molecule has 1 saturated heterocycles. The van der Waals surface area contributed by atoms with Gasteiger partial charge in [0, 0.05) is 5.92 Å². The van der Waals surface area contributed by atoms with Crippen molar-refractivity contribution in [1.29, 1.82) is 0 Å². The van der Waals surface area contributed by atoms with E-state index in [1.54, 1.807) is 0 Å². The molecule has 0 bridgehead atoms. The van der Waals surface area contributed by atoms with Crippen molar-refractivity contribution in [3.05, 3.63) is 0 Å². The molecule has 0 radical (unpaired) electrons. The molecule has 1 aliphatic rings. The zero-order valence-corrected chi connectivity index (χ0v) is 7.70. The van der Waals surface area contributed by atoms with Crippen molar-refractivity contribution >= 4 is 5.97 Å². The molecule has 1 heterocycles. The second kappa shape index (κ2) is 4.22. The first kappa shape index (κ1) is 11.4. The lowest BCUT2D eigenvalue weighted by atomic mass is 9.89. The van der Waals surface area contributed by atoms with Crippen molar-refractivity contribution in [2.24, 2.45) is 5.92 Å². The zero-order chi connectivity index (χ0) is 10.9. The number of hydrogen-bond donors (Lipinski definition) is 4. The molecular weight excluding hydrogens is 192 g/mol. The Morgan fingerprint density at radius 1 is 1.50 bits per heavy atom. The summed E-state index contributed by atoms with van der Waals surface area (Å²) in [5, 5.41) is 36.6. The van der Waals surface area contributed by atoms with Gasteiger partial charge < -0.3 is 25.2 Å². The van der Waals surface area contributed by atoms with Gasteiger partial charge in [-0.3, -0.25) is 0 Å². The van der Waals surface area contributed by atoms with E-state index in [2.05, 4.69) is 4.74 Å². The minimum Gasteiger partial charge on any atom is -0.455 e. The smallest absolute Gasteiger partial charge is 0.335 e. The van der Waals surface area contributed by atoms with E-state index in [1.165, 1.54) is 6.92 Å². The van der Waals surface area contributed by atoms with Gasteiger partial charge in [-0.2, -0.15) is 0 Å². The summed E-state index contributed by atoms with van der Waals surface area (Å²) >= 11 is 0. The predicted octanol–water partition coefficient (Wildman–Crippen LogP) is -2.38. The van der Waals surface area contributed by atoms with Crippen molar-refractivity contribution in [2.75, 3.05) is 6.61 Å². The molecule has 0 saturated carbocycles. The fourth-order valence-electron chi connectivity index (χ4n) is 1.38. The van der Waals surface area contributed by atoms with Gasteiger partial charge in [0.2, 0.25) is 0 Å². The van der Waals surface area contributed by atoms with Crippen LogP contribution in [0.3, 0.4) is 0 Å². The molecule has 82 valence electrons. The highest BCUT2D eigenvalue weighted by Crippen LogP contribution is 2.23. The van der Waals surface area contributed by atoms with Crippen LogP contribution < -0.4 is 0 Å². The van der Waals surface area contributed by atoms with Crippen LogP contribution in [0.4, 0.5) is 0 Å². The van der Waals surface area contributed by atoms with Crippen LogP contribution in [0.5, 0.6) is 0 Å². The van der Waals surface area contributed by atoms with E-state index in [0.717, 1.165) is 0 Å². The summed E-state index contributed by atoms with van der Waals surface area (Å²) in [6.45, 7) is 0.852. The Balaban J connectivity index is 2.75. The quantitative estimate of drug-likeness (QED) is 0.376. The van der Waals surface area contributed by atoms with E-state index in [0.29, 0.717) is 0 Å². The van der Waals surface area contributed by atoms with Gasteiger partial charge in [0.15, 0.2) is 12.2 Å². The molecule has 0 amide bonds. The Bertz CT molecular complexity index is 218. The molecule has 0 aromatic rings. The lowest BCUT2D eigenvalue weighted by Crippen LogP contribution is -2.55. The van der Waals surface area contributed by atoms with E-state index < -0.39 is 42.9 Å². The number of aliphatic hydroxyl groups is 4. The number of carbonyl (C=O) groups is 1. The second-order valence-corrected chi connectivity index (χ2v) is 3.45. The normalized spacial score (nSPS) is 40.5. The van der Waals surface area contributed by atoms with Crippen LogP contribution in [0, 0.1) is 5.92 Å². The summed E-state index contributed by atoms with van der Waals surface area (Å²) < 4.78 is 4.58. The maximum Gasteiger partial charge on any atom is 0.335 e. The van der Waals surface area contributed by atoms with Gasteiger partial charge >= 0.3 is 5.97 Å². The topological polar surface area (TPSA) is 107 Å². The van der Waals surface area contributed by atoms with Crippen molar-refractivity contribution in [2.45, 2.75) is 31.3 Å². The third-order valence-corrected chi connectivity index (χ3v) is 2.43. The number of carbonyl (C=O) groups excluding carboxylic acids is 1. The molecule has 14 heavy (non-hydrogen) atoms. The predicted molar refractivity (Wildman–Crippen MR) is 44.2 cm³/mol. The summed E-state index contributed by atoms with van der Waals surface area (Å²) in [7, 11) is 0. The summed E-state index contributed by atoms with van der Waals surface area (Å²) in [6.07, 6.45) is -5.06. The molecule has 6 nitrogen and oxygen atoms in total. The lowest BCUT2D eigenvalue weighted by Gasteiger charge is -2.36. The molecule has 0 spiro atoms. The molecule has 1 fully saturated rings. The molecule has 1 aliphatic heterocycles. The molecule has 0 aromatic heterocycles. The standard InChI is InChI=1S/C8H14O6/c1-3-5(11)7(4(10)2-9)14-8(13)6(3)12/h3-7,9-12H,2H2,1H3. The maximum absolute atomic E-state index is 11.0. The lowest BCUT2D eigenvalue weighted by molar-refractivity contribution is -0.204. The Hall–Kier alpha value is -0.690. The number of aliphatic hydroxyl groups excluding tert-OH is 4. The number of esters is 1. The van der Waals surface area contributed by atoms with E-state index >= 15 is 0 Å². The summed E-state index contributed by atoms with van der Waals surface area (Å²) in [6, 6.07) is 0. The van der Waals surface area contributed by atoms with Crippen LogP contribution in [-0.4, -0.2) is 57.4 Å². The highest BCUT2D eigenvalue weighted by molar-refractivity contribution is 5.76. The van der Waals surface area contributed by atoms with Gasteiger partial charge in [-0.1, -0.05) is 6.92 Å². The fraction of sp³-hybridized carbons (Fsp3) is 0.875. The molecule has 4 N–H and O–H groups in total. The third-order valence-electron chi connectivity index (χ3n) is 2.43. The van der Waals surface area contributed by atoms with E-state index in [-0.39, 0.29) is 0 Å². The highest BCUT2D eigenvalue weighted by Gasteiger charge is 2.44. The van der Waals surface area contributed by atoms with Crippen LogP contribution >= 0.6 is 0 Å². The minimum absolute atomic E-state index is 0.613. The second-order valence-electron chi connectivity index (χ2n) is 3.45. The molecule has 1 rings (SSSR count). The van der Waals surface area contributed by atoms with Crippen LogP contribution in [0.1, 0.15) is 6.92 Å². The molecule has 5 atom stereocenters. The van der Waals surface area contributed by atoms with Gasteiger partial charge in [-0.25, -0.2) is 4.79 Å². The minimum atomic E-state index is -1.38. The van der Waals surface area contributed by atoms with Crippen LogP contribution in [-0.2, 0) is 9.53 Å². The number of rotatable bonds is 2. The maximum atomic E-state index is 11.0. The van der Waals surface area contributed by atoms with Crippen molar-refractivity contribution < 1.29 is 30.0 Å². The van der Waals surface area contributed by atoms with Crippen LogP contribution in [0.25, 0.3) is 0 Å². The average molecular weight is 206 g/mol. The van der Waals surface area contributed by atoms with E-state index in [9.17, 15) is 20.1 Å². The van der Waals surface area contributed by atoms with Crippen LogP contribution in [0.2, 0.25) is 0 Å². The van der Waals surface area contributed by atoms with Gasteiger partial charge in [-0.05, 0) is 0 Å². The monoisotopic (exact) mass is 206 g/mol. The number of cyclic esters (lactones) is 1. The average Bonchev–Trinajstić information content (AvgIpc) is 2.19. The van der Waals surface area contributed by atoms with Gasteiger partial charge in [-0.15, -0.1) is 0 Å². The van der Waals surface area contributed by atoms with Crippen molar-refractivity contribution in [3.8, 4) is 0 Å². The van der Waals surface area contributed by atoms with Crippen molar-refractivity contribution in [1.82, 2.24) is 0 Å². The summed E-state index contributed by atoms with van der Waals surface area (Å²) in [5.41, 5.74) is 0. The van der Waals surface area contributed by atoms with Crippen LogP contribution in [0.15, 0.2) is 0 Å². The molecule has 0 aromatic carbocycles. The third kappa shape index (κ3) is 1.88. The molecule has 6 heteroatoms. The zero-order valence-electron chi connectivity index (χ0n) is 7.70. The highest BCUT2D eigenvalue weighted by atomic mass is 16.6. The first-order valence-corrected chi connectivity index (χ1v) is 4.34. The first-order chi connectivity index (χ1) is 6.49. The van der Waals surface area contributed by atoms with Crippen molar-refractivity contribution in [3.63, 3.8) is 0 Å². The summed E-state index contributed by atoms with van der Waals surface area (Å²) in [5.74, 6) is -1.61. The molecular formula is C8H14O6. The number of hydrogen-bond acceptors (Lipinski definition) is 6. The Kier molecular flexibility index (Phi) is 3.43. The summed E-state index contributed by atoms with van der Waals surface area (Å²) in [4.78, 5) is 11.0. The Morgan fingerprint density at radius 3 is 2.57 bits per heavy atom. The number of ether oxygens (including phenoxy) is 1.